The minimum atomic E-state index is -0.0586. The Bertz CT molecular complexity index is 870. The van der Waals surface area contributed by atoms with Gasteiger partial charge in [-0.25, -0.2) is 0 Å². The maximum Gasteiger partial charge on any atom is 0.254 e. The minimum absolute atomic E-state index is 0.0586. The molecule has 0 aliphatic heterocycles. The predicted octanol–water partition coefficient (Wildman–Crippen LogP) is 3.72. The van der Waals surface area contributed by atoms with Crippen LogP contribution in [0, 0.1) is 6.92 Å². The highest BCUT2D eigenvalue weighted by Gasteiger charge is 2.18. The van der Waals surface area contributed by atoms with Gasteiger partial charge >= 0.3 is 0 Å². The van der Waals surface area contributed by atoms with Crippen molar-refractivity contribution >= 4 is 5.91 Å². The van der Waals surface area contributed by atoms with E-state index in [1.165, 1.54) is 0 Å². The summed E-state index contributed by atoms with van der Waals surface area (Å²) in [6.45, 7) is 4.73. The fourth-order valence-electron chi connectivity index (χ4n) is 2.55. The first kappa shape index (κ1) is 17.7. The lowest BCUT2D eigenvalue weighted by Gasteiger charge is -2.18. The van der Waals surface area contributed by atoms with E-state index in [1.807, 2.05) is 62.4 Å². The number of benzene rings is 2. The summed E-state index contributed by atoms with van der Waals surface area (Å²) in [7, 11) is 1.62. The molecule has 0 bridgehead atoms. The molecule has 1 amide bonds. The molecule has 3 rings (SSSR count). The molecule has 1 heterocycles. The zero-order chi connectivity index (χ0) is 18.5. The highest BCUT2D eigenvalue weighted by molar-refractivity contribution is 5.94. The molecule has 134 valence electrons. The van der Waals surface area contributed by atoms with Crippen LogP contribution in [-0.4, -0.2) is 34.6 Å². The van der Waals surface area contributed by atoms with Gasteiger partial charge in [0.2, 0.25) is 11.7 Å². The van der Waals surface area contributed by atoms with E-state index in [2.05, 4.69) is 10.1 Å². The number of carbonyl (C=O) groups excluding carboxylic acids is 1. The third-order valence-corrected chi connectivity index (χ3v) is 4.11. The zero-order valence-corrected chi connectivity index (χ0v) is 15.1. The molecule has 0 fully saturated rings. The summed E-state index contributed by atoms with van der Waals surface area (Å²) < 4.78 is 10.5. The number of rotatable bonds is 6. The number of aryl methyl sites for hydroxylation is 1. The van der Waals surface area contributed by atoms with Gasteiger partial charge in [-0.3, -0.25) is 4.79 Å². The van der Waals surface area contributed by atoms with Crippen LogP contribution in [0.2, 0.25) is 0 Å². The van der Waals surface area contributed by atoms with Crippen molar-refractivity contribution in [2.45, 2.75) is 20.4 Å². The molecule has 6 heteroatoms. The third-order valence-electron chi connectivity index (χ3n) is 4.11. The highest BCUT2D eigenvalue weighted by Crippen LogP contribution is 2.20. The fraction of sp³-hybridized carbons (Fsp3) is 0.250. The number of carbonyl (C=O) groups is 1. The second-order valence-corrected chi connectivity index (χ2v) is 5.93. The summed E-state index contributed by atoms with van der Waals surface area (Å²) in [5.41, 5.74) is 2.59. The molecule has 0 spiro atoms. The average Bonchev–Trinajstić information content (AvgIpc) is 3.15. The Kier molecular flexibility index (Phi) is 5.31. The van der Waals surface area contributed by atoms with Crippen LogP contribution in [0.15, 0.2) is 53.1 Å². The molecule has 0 atom stereocenters. The van der Waals surface area contributed by atoms with Crippen molar-refractivity contribution in [3.63, 3.8) is 0 Å². The highest BCUT2D eigenvalue weighted by atomic mass is 16.5. The number of amides is 1. The van der Waals surface area contributed by atoms with Crippen LogP contribution < -0.4 is 4.74 Å². The maximum absolute atomic E-state index is 12.7. The van der Waals surface area contributed by atoms with Crippen LogP contribution in [-0.2, 0) is 6.54 Å². The lowest BCUT2D eigenvalue weighted by molar-refractivity contribution is 0.0734. The molecular weight excluding hydrogens is 330 g/mol. The van der Waals surface area contributed by atoms with Gasteiger partial charge in [-0.1, -0.05) is 22.9 Å². The lowest BCUT2D eigenvalue weighted by atomic mass is 10.1. The summed E-state index contributed by atoms with van der Waals surface area (Å²) in [6.07, 6.45) is 0. The molecular formula is C20H21N3O3. The van der Waals surface area contributed by atoms with Crippen LogP contribution in [0.5, 0.6) is 5.75 Å². The molecule has 6 nitrogen and oxygen atoms in total. The Morgan fingerprint density at radius 1 is 1.12 bits per heavy atom. The molecule has 0 saturated carbocycles. The van der Waals surface area contributed by atoms with Gasteiger partial charge in [0.15, 0.2) is 0 Å². The summed E-state index contributed by atoms with van der Waals surface area (Å²) in [5.74, 6) is 1.59. The lowest BCUT2D eigenvalue weighted by Crippen LogP contribution is -2.30. The van der Waals surface area contributed by atoms with E-state index >= 15 is 0 Å². The normalized spacial score (nSPS) is 10.6. The quantitative estimate of drug-likeness (QED) is 0.677. The van der Waals surface area contributed by atoms with Crippen LogP contribution in [0.4, 0.5) is 0 Å². The van der Waals surface area contributed by atoms with Gasteiger partial charge in [-0.05, 0) is 50.2 Å². The number of hydrogen-bond acceptors (Lipinski definition) is 5. The molecule has 1 aromatic heterocycles. The van der Waals surface area contributed by atoms with E-state index in [-0.39, 0.29) is 12.5 Å². The first-order valence-electron chi connectivity index (χ1n) is 8.43. The number of hydrogen-bond donors (Lipinski definition) is 0. The second-order valence-electron chi connectivity index (χ2n) is 5.93. The smallest absolute Gasteiger partial charge is 0.254 e. The summed E-state index contributed by atoms with van der Waals surface area (Å²) >= 11 is 0. The van der Waals surface area contributed by atoms with Crippen LogP contribution in [0.3, 0.4) is 0 Å². The van der Waals surface area contributed by atoms with Gasteiger partial charge in [-0.2, -0.15) is 4.98 Å². The van der Waals surface area contributed by atoms with Crippen LogP contribution in [0.25, 0.3) is 11.4 Å². The van der Waals surface area contributed by atoms with Gasteiger partial charge < -0.3 is 14.2 Å². The maximum atomic E-state index is 12.7. The van der Waals surface area contributed by atoms with Gasteiger partial charge in [0, 0.05) is 17.7 Å². The number of nitrogens with zero attached hydrogens (tertiary/aromatic N) is 3. The van der Waals surface area contributed by atoms with Gasteiger partial charge in [0.25, 0.3) is 5.91 Å². The van der Waals surface area contributed by atoms with E-state index < -0.39 is 0 Å². The van der Waals surface area contributed by atoms with E-state index in [9.17, 15) is 4.79 Å². The largest absolute Gasteiger partial charge is 0.497 e. The number of methoxy groups -OCH3 is 1. The first-order valence-corrected chi connectivity index (χ1v) is 8.43. The van der Waals surface area contributed by atoms with E-state index in [1.54, 1.807) is 12.0 Å². The molecule has 0 radical (unpaired) electrons. The van der Waals surface area contributed by atoms with Crippen molar-refractivity contribution in [2.24, 2.45) is 0 Å². The molecule has 0 saturated heterocycles. The zero-order valence-electron chi connectivity index (χ0n) is 15.1. The van der Waals surface area contributed by atoms with Crippen molar-refractivity contribution < 1.29 is 14.1 Å². The Hall–Kier alpha value is -3.15. The Morgan fingerprint density at radius 2 is 1.81 bits per heavy atom. The molecule has 0 N–H and O–H groups in total. The summed E-state index contributed by atoms with van der Waals surface area (Å²) in [4.78, 5) is 18.7. The van der Waals surface area contributed by atoms with Gasteiger partial charge in [0.05, 0.1) is 7.11 Å². The summed E-state index contributed by atoms with van der Waals surface area (Å²) in [6, 6.07) is 14.9. The number of aromatic nitrogens is 2. The van der Waals surface area contributed by atoms with E-state index in [0.717, 1.165) is 16.9 Å². The minimum Gasteiger partial charge on any atom is -0.497 e. The fourth-order valence-corrected chi connectivity index (χ4v) is 2.55. The molecule has 0 aliphatic carbocycles. The Morgan fingerprint density at radius 3 is 2.42 bits per heavy atom. The molecule has 26 heavy (non-hydrogen) atoms. The molecule has 0 aliphatic rings. The van der Waals surface area contributed by atoms with Gasteiger partial charge in [-0.15, -0.1) is 0 Å². The van der Waals surface area contributed by atoms with Crippen LogP contribution >= 0.6 is 0 Å². The van der Waals surface area contributed by atoms with Crippen molar-refractivity contribution in [3.8, 4) is 17.1 Å². The van der Waals surface area contributed by atoms with Crippen LogP contribution in [0.1, 0.15) is 28.7 Å². The topological polar surface area (TPSA) is 68.5 Å². The Labute approximate surface area is 152 Å². The van der Waals surface area contributed by atoms with Crippen molar-refractivity contribution in [3.05, 3.63) is 65.5 Å². The molecule has 3 aromatic rings. The van der Waals surface area contributed by atoms with E-state index in [0.29, 0.717) is 23.8 Å². The predicted molar refractivity (Wildman–Crippen MR) is 97.9 cm³/mol. The monoisotopic (exact) mass is 351 g/mol. The first-order chi connectivity index (χ1) is 12.6. The van der Waals surface area contributed by atoms with Crippen molar-refractivity contribution in [1.82, 2.24) is 15.0 Å². The van der Waals surface area contributed by atoms with Crippen molar-refractivity contribution in [2.75, 3.05) is 13.7 Å². The Balaban J connectivity index is 1.73. The standard InChI is InChI=1S/C20H21N3O3/c1-4-23(20(24)16-7-5-14(2)6-8-16)13-18-21-19(22-26-18)15-9-11-17(25-3)12-10-15/h5-12H,4,13H2,1-3H3. The third kappa shape index (κ3) is 3.91. The molecule has 0 unspecified atom stereocenters. The van der Waals surface area contributed by atoms with Crippen molar-refractivity contribution in [1.29, 1.82) is 0 Å². The van der Waals surface area contributed by atoms with E-state index in [4.69, 9.17) is 9.26 Å². The number of ether oxygens (including phenoxy) is 1. The SMILES string of the molecule is CCN(Cc1nc(-c2ccc(OC)cc2)no1)C(=O)c1ccc(C)cc1. The average molecular weight is 351 g/mol. The summed E-state index contributed by atoms with van der Waals surface area (Å²) in [5, 5.41) is 4.01. The molecule has 2 aromatic carbocycles. The second kappa shape index (κ2) is 7.82. The van der Waals surface area contributed by atoms with Gasteiger partial charge in [0.1, 0.15) is 12.3 Å².